The van der Waals surface area contributed by atoms with Crippen LogP contribution in [0.2, 0.25) is 0 Å². The van der Waals surface area contributed by atoms with Crippen molar-refractivity contribution in [2.45, 2.75) is 19.8 Å². The molecule has 6 heteroatoms. The van der Waals surface area contributed by atoms with Gasteiger partial charge in [0, 0.05) is 25.3 Å². The van der Waals surface area contributed by atoms with Gasteiger partial charge in [-0.15, -0.1) is 0 Å². The summed E-state index contributed by atoms with van der Waals surface area (Å²) in [6.45, 7) is 2.96. The van der Waals surface area contributed by atoms with E-state index in [1.54, 1.807) is 8.02 Å². The fourth-order valence-corrected chi connectivity index (χ4v) is 2.65. The SMILES string of the molecule is CCCCN(SC)C(=O)N(SC)SC. The van der Waals surface area contributed by atoms with E-state index < -0.39 is 0 Å². The van der Waals surface area contributed by atoms with Crippen LogP contribution < -0.4 is 0 Å². The van der Waals surface area contributed by atoms with Crippen LogP contribution in [0.5, 0.6) is 0 Å². The van der Waals surface area contributed by atoms with E-state index in [-0.39, 0.29) is 6.03 Å². The van der Waals surface area contributed by atoms with E-state index in [9.17, 15) is 4.79 Å². The topological polar surface area (TPSA) is 23.6 Å². The summed E-state index contributed by atoms with van der Waals surface area (Å²) in [6, 6.07) is 0.0750. The van der Waals surface area contributed by atoms with Crippen LogP contribution in [0.4, 0.5) is 4.79 Å². The van der Waals surface area contributed by atoms with E-state index in [1.165, 1.54) is 35.8 Å². The van der Waals surface area contributed by atoms with Crippen molar-refractivity contribution in [3.63, 3.8) is 0 Å². The standard InChI is InChI=1S/C8H18N2OS3/c1-5-6-7-9(12-2)8(11)10(13-3)14-4/h5-7H2,1-4H3. The number of rotatable bonds is 6. The monoisotopic (exact) mass is 254 g/mol. The maximum atomic E-state index is 11.8. The van der Waals surface area contributed by atoms with Gasteiger partial charge in [-0.05, 0) is 42.3 Å². The first-order valence-corrected chi connectivity index (χ1v) is 7.99. The maximum Gasteiger partial charge on any atom is 0.350 e. The summed E-state index contributed by atoms with van der Waals surface area (Å²) >= 11 is 4.39. The number of hydrogen-bond donors (Lipinski definition) is 0. The van der Waals surface area contributed by atoms with Crippen LogP contribution in [0.25, 0.3) is 0 Å². The van der Waals surface area contributed by atoms with Gasteiger partial charge >= 0.3 is 6.03 Å². The zero-order chi connectivity index (χ0) is 11.0. The molecule has 2 amide bonds. The molecule has 14 heavy (non-hydrogen) atoms. The third kappa shape index (κ3) is 4.70. The predicted octanol–water partition coefficient (Wildman–Crippen LogP) is 3.34. The first-order chi connectivity index (χ1) is 6.71. The number of urea groups is 1. The molecule has 0 atom stereocenters. The highest BCUT2D eigenvalue weighted by Gasteiger charge is 2.18. The van der Waals surface area contributed by atoms with Crippen LogP contribution >= 0.6 is 35.8 Å². The molecular weight excluding hydrogens is 236 g/mol. The summed E-state index contributed by atoms with van der Waals surface area (Å²) in [5.41, 5.74) is 0. The number of nitrogens with zero attached hydrogens (tertiary/aromatic N) is 2. The quantitative estimate of drug-likeness (QED) is 0.678. The smallest absolute Gasteiger partial charge is 0.267 e. The van der Waals surface area contributed by atoms with Crippen molar-refractivity contribution in [3.05, 3.63) is 0 Å². The number of unbranched alkanes of at least 4 members (excludes halogenated alkanes) is 1. The van der Waals surface area contributed by atoms with Crippen LogP contribution in [-0.2, 0) is 0 Å². The molecule has 0 spiro atoms. The molecule has 0 radical (unpaired) electrons. The van der Waals surface area contributed by atoms with Crippen molar-refractivity contribution >= 4 is 41.9 Å². The number of hydrogen-bond acceptors (Lipinski definition) is 4. The maximum absolute atomic E-state index is 11.8. The molecule has 0 N–H and O–H groups in total. The Morgan fingerprint density at radius 3 is 2.07 bits per heavy atom. The molecule has 0 unspecified atom stereocenters. The van der Waals surface area contributed by atoms with Crippen LogP contribution in [-0.4, -0.2) is 39.4 Å². The Morgan fingerprint density at radius 2 is 1.71 bits per heavy atom. The van der Waals surface area contributed by atoms with E-state index >= 15 is 0 Å². The first-order valence-electron chi connectivity index (χ1n) is 4.45. The van der Waals surface area contributed by atoms with Crippen molar-refractivity contribution in [2.75, 3.05) is 25.3 Å². The lowest BCUT2D eigenvalue weighted by Gasteiger charge is -2.24. The lowest BCUT2D eigenvalue weighted by molar-refractivity contribution is 0.223. The lowest BCUT2D eigenvalue weighted by atomic mass is 10.3. The van der Waals surface area contributed by atoms with Gasteiger partial charge in [-0.25, -0.2) is 8.51 Å². The minimum Gasteiger partial charge on any atom is -0.267 e. The fourth-order valence-electron chi connectivity index (χ4n) is 0.889. The molecule has 0 aliphatic rings. The Hall–Kier alpha value is 0.320. The highest BCUT2D eigenvalue weighted by Crippen LogP contribution is 2.22. The van der Waals surface area contributed by atoms with Gasteiger partial charge in [0.2, 0.25) is 0 Å². The second-order valence-corrected chi connectivity index (χ2v) is 5.04. The van der Waals surface area contributed by atoms with Crippen LogP contribution in [0.15, 0.2) is 0 Å². The average molecular weight is 254 g/mol. The van der Waals surface area contributed by atoms with Gasteiger partial charge < -0.3 is 0 Å². The van der Waals surface area contributed by atoms with Crippen LogP contribution in [0, 0.1) is 0 Å². The van der Waals surface area contributed by atoms with Gasteiger partial charge in [-0.3, -0.25) is 4.31 Å². The summed E-state index contributed by atoms with van der Waals surface area (Å²) in [6.07, 6.45) is 7.93. The molecule has 0 aromatic heterocycles. The van der Waals surface area contributed by atoms with E-state index in [2.05, 4.69) is 6.92 Å². The fraction of sp³-hybridized carbons (Fsp3) is 0.875. The van der Waals surface area contributed by atoms with Crippen molar-refractivity contribution < 1.29 is 4.79 Å². The van der Waals surface area contributed by atoms with Gasteiger partial charge in [0.05, 0.1) is 0 Å². The molecule has 0 aromatic rings. The Balaban J connectivity index is 4.13. The van der Waals surface area contributed by atoms with Gasteiger partial charge in [0.1, 0.15) is 0 Å². The molecule has 0 heterocycles. The number of amides is 2. The largest absolute Gasteiger partial charge is 0.350 e. The molecule has 0 aliphatic heterocycles. The van der Waals surface area contributed by atoms with Crippen molar-refractivity contribution in [2.24, 2.45) is 0 Å². The number of carbonyl (C=O) groups is 1. The molecular formula is C8H18N2OS3. The Kier molecular flexibility index (Phi) is 8.81. The molecule has 0 bridgehead atoms. The third-order valence-electron chi connectivity index (χ3n) is 1.64. The third-order valence-corrected chi connectivity index (χ3v) is 4.29. The molecule has 84 valence electrons. The van der Waals surface area contributed by atoms with E-state index in [0.29, 0.717) is 0 Å². The summed E-state index contributed by atoms with van der Waals surface area (Å²) in [7, 11) is 0. The highest BCUT2D eigenvalue weighted by atomic mass is 32.2. The average Bonchev–Trinajstić information content (AvgIpc) is 2.21. The van der Waals surface area contributed by atoms with Crippen LogP contribution in [0.3, 0.4) is 0 Å². The van der Waals surface area contributed by atoms with Crippen molar-refractivity contribution in [1.82, 2.24) is 8.02 Å². The summed E-state index contributed by atoms with van der Waals surface area (Å²) < 4.78 is 3.49. The normalized spacial score (nSPS) is 10.0. The summed E-state index contributed by atoms with van der Waals surface area (Å²) in [5.74, 6) is 0. The first kappa shape index (κ1) is 14.3. The zero-order valence-corrected chi connectivity index (χ0v) is 11.6. The minimum atomic E-state index is 0.0750. The van der Waals surface area contributed by atoms with Gasteiger partial charge in [0.15, 0.2) is 0 Å². The van der Waals surface area contributed by atoms with Crippen molar-refractivity contribution in [1.29, 1.82) is 0 Å². The molecule has 0 saturated heterocycles. The zero-order valence-electron chi connectivity index (χ0n) is 9.15. The second-order valence-electron chi connectivity index (χ2n) is 2.54. The number of carbonyl (C=O) groups excluding carboxylic acids is 1. The van der Waals surface area contributed by atoms with Crippen molar-refractivity contribution in [3.8, 4) is 0 Å². The Bertz CT molecular complexity index is 165. The molecule has 0 aliphatic carbocycles. The van der Waals surface area contributed by atoms with E-state index in [1.807, 2.05) is 18.8 Å². The molecule has 3 nitrogen and oxygen atoms in total. The highest BCUT2D eigenvalue weighted by molar-refractivity contribution is 8.12. The lowest BCUT2D eigenvalue weighted by Crippen LogP contribution is -2.32. The molecule has 0 rings (SSSR count). The van der Waals surface area contributed by atoms with Crippen LogP contribution in [0.1, 0.15) is 19.8 Å². The molecule has 0 saturated carbocycles. The second kappa shape index (κ2) is 8.61. The van der Waals surface area contributed by atoms with Gasteiger partial charge in [-0.1, -0.05) is 13.3 Å². The molecule has 0 aromatic carbocycles. The Labute approximate surface area is 99.8 Å². The Morgan fingerprint density at radius 1 is 1.14 bits per heavy atom. The van der Waals surface area contributed by atoms with Gasteiger partial charge in [-0.2, -0.15) is 0 Å². The summed E-state index contributed by atoms with van der Waals surface area (Å²) in [5, 5.41) is 0. The van der Waals surface area contributed by atoms with E-state index in [4.69, 9.17) is 0 Å². The predicted molar refractivity (Wildman–Crippen MR) is 69.4 cm³/mol. The van der Waals surface area contributed by atoms with Gasteiger partial charge in [0.25, 0.3) is 0 Å². The molecule has 0 fully saturated rings. The van der Waals surface area contributed by atoms with E-state index in [0.717, 1.165) is 19.4 Å². The minimum absolute atomic E-state index is 0.0750. The summed E-state index contributed by atoms with van der Waals surface area (Å²) in [4.78, 5) is 11.8.